The van der Waals surface area contributed by atoms with Crippen LogP contribution in [0.25, 0.3) is 55.3 Å². The molecule has 0 radical (unpaired) electrons. The average Bonchev–Trinajstić information content (AvgIpc) is 3.36. The van der Waals surface area contributed by atoms with Gasteiger partial charge in [0, 0.05) is 22.5 Å². The quantitative estimate of drug-likeness (QED) is 0.171. The van der Waals surface area contributed by atoms with Crippen molar-refractivity contribution in [3.05, 3.63) is 199 Å². The molecule has 0 spiro atoms. The Kier molecular flexibility index (Phi) is 3.20. The van der Waals surface area contributed by atoms with Gasteiger partial charge in [-0.15, -0.1) is 0 Å². The van der Waals surface area contributed by atoms with Crippen molar-refractivity contribution < 1.29 is 35.6 Å². The van der Waals surface area contributed by atoms with Crippen molar-refractivity contribution >= 4 is 27.8 Å². The molecule has 0 N–H and O–H groups in total. The minimum Gasteiger partial charge on any atom is -0.311 e. The molecule has 1 aliphatic carbocycles. The molecule has 1 heteroatoms. The number of rotatable bonds is 6. The van der Waals surface area contributed by atoms with E-state index in [4.69, 9.17) is 24.7 Å². The van der Waals surface area contributed by atoms with Gasteiger partial charge in [0.15, 0.2) is 0 Å². The highest BCUT2D eigenvalue weighted by Crippen LogP contribution is 2.52. The van der Waals surface area contributed by atoms with Gasteiger partial charge in [-0.1, -0.05) is 159 Å². The van der Waals surface area contributed by atoms with Crippen LogP contribution in [-0.4, -0.2) is 0 Å². The van der Waals surface area contributed by atoms with Crippen molar-refractivity contribution in [3.63, 3.8) is 0 Å². The molecular formula is C49H37N. The SMILES string of the molecule is [2H]c1cc(N(c2cc([2H])c(-c3cc([2H])c4c([2H])c([2H])c([2H])c5c4c3-c3cc([2H])c(-c4c([2H])c([2H])c([2H])c([2H])c4[2H])c([2H])c3C5(C)C)c([2H])c2)c2c([2H])c([2H])c(-c3c([2H])c([2H])c([2H])c([2H])c3[2H])c([2H])c2[2H])c([2H])c([2H])c1[2H]. The summed E-state index contributed by atoms with van der Waals surface area (Å²) in [6.45, 7) is 3.18. The first-order valence-corrected chi connectivity index (χ1v) is 15.3. The van der Waals surface area contributed by atoms with E-state index in [2.05, 4.69) is 0 Å². The largest absolute Gasteiger partial charge is 0.311 e. The number of benzene rings is 8. The van der Waals surface area contributed by atoms with Gasteiger partial charge < -0.3 is 4.90 Å². The zero-order chi connectivity index (χ0) is 56.3. The van der Waals surface area contributed by atoms with Gasteiger partial charge in [-0.05, 0) is 109 Å². The van der Waals surface area contributed by atoms with E-state index < -0.39 is 191 Å². The first-order valence-electron chi connectivity index (χ1n) is 28.3. The predicted molar refractivity (Wildman–Crippen MR) is 213 cm³/mol. The second-order valence-electron chi connectivity index (χ2n) is 11.8. The minimum atomic E-state index is -1.51. The summed E-state index contributed by atoms with van der Waals surface area (Å²) in [5, 5.41) is -0.0938. The summed E-state index contributed by atoms with van der Waals surface area (Å²) in [5.74, 6) is 0. The van der Waals surface area contributed by atoms with Crippen LogP contribution in [0.2, 0.25) is 0 Å². The van der Waals surface area contributed by atoms with Crippen molar-refractivity contribution in [2.24, 2.45) is 0 Å². The molecular weight excluding hydrogens is 603 g/mol. The summed E-state index contributed by atoms with van der Waals surface area (Å²) in [5.41, 5.74) is -5.55. The van der Waals surface area contributed by atoms with Crippen molar-refractivity contribution in [1.82, 2.24) is 0 Å². The molecule has 50 heavy (non-hydrogen) atoms. The Hall–Kier alpha value is -6.18. The molecule has 0 amide bonds. The Balaban J connectivity index is 1.38. The number of para-hydroxylation sites is 1. The molecule has 0 saturated carbocycles. The summed E-state index contributed by atoms with van der Waals surface area (Å²) in [7, 11) is 0. The maximum atomic E-state index is 9.75. The van der Waals surface area contributed by atoms with E-state index in [1.165, 1.54) is 12.1 Å². The number of nitrogens with zero attached hydrogens (tertiary/aromatic N) is 1. The van der Waals surface area contributed by atoms with Gasteiger partial charge in [-0.2, -0.15) is 0 Å². The number of hydrogen-bond donors (Lipinski definition) is 0. The monoisotopic (exact) mass is 665 g/mol. The van der Waals surface area contributed by atoms with E-state index in [1.807, 2.05) is 0 Å². The molecule has 0 aromatic heterocycles. The Morgan fingerprint density at radius 3 is 1.78 bits per heavy atom. The third kappa shape index (κ3) is 5.02. The van der Waals surface area contributed by atoms with Crippen LogP contribution in [-0.2, 0) is 5.41 Å². The molecule has 0 unspecified atom stereocenters. The lowest BCUT2D eigenvalue weighted by Crippen LogP contribution is -2.24. The topological polar surface area (TPSA) is 3.24 Å². The van der Waals surface area contributed by atoms with Gasteiger partial charge in [-0.25, -0.2) is 0 Å². The highest BCUT2D eigenvalue weighted by Gasteiger charge is 2.35. The molecule has 9 rings (SSSR count). The maximum absolute atomic E-state index is 9.75. The zero-order valence-electron chi connectivity index (χ0n) is 52.3. The van der Waals surface area contributed by atoms with Crippen LogP contribution in [0.5, 0.6) is 0 Å². The van der Waals surface area contributed by atoms with Gasteiger partial charge in [-0.3, -0.25) is 0 Å². The molecule has 1 aliphatic rings. The normalized spacial score (nSPS) is 20.0. The minimum absolute atomic E-state index is 0.00135. The first-order chi connectivity index (χ1) is 35.3. The molecule has 8 aromatic carbocycles. The first kappa shape index (κ1) is 13.3. The number of fused-ring (bicyclic) bond motifs is 2. The van der Waals surface area contributed by atoms with Crippen LogP contribution >= 0.6 is 0 Å². The van der Waals surface area contributed by atoms with Crippen molar-refractivity contribution in [1.29, 1.82) is 0 Å². The summed E-state index contributed by atoms with van der Waals surface area (Å²) in [6, 6.07) is -13.0. The second kappa shape index (κ2) is 12.1. The molecule has 0 bridgehead atoms. The summed E-state index contributed by atoms with van der Waals surface area (Å²) < 4.78 is 230. The summed E-state index contributed by atoms with van der Waals surface area (Å²) in [6.07, 6.45) is 0. The third-order valence-corrected chi connectivity index (χ3v) is 8.52. The fraction of sp³-hybridized carbons (Fsp3) is 0.0612. The average molecular weight is 666 g/mol. The smallest absolute Gasteiger partial charge is 0.0645 e. The van der Waals surface area contributed by atoms with E-state index in [1.54, 1.807) is 13.8 Å². The van der Waals surface area contributed by atoms with Gasteiger partial charge >= 0.3 is 0 Å². The van der Waals surface area contributed by atoms with E-state index >= 15 is 0 Å². The van der Waals surface area contributed by atoms with E-state index in [0.29, 0.717) is 0 Å². The second-order valence-corrected chi connectivity index (χ2v) is 11.8. The Morgan fingerprint density at radius 1 is 0.420 bits per heavy atom. The van der Waals surface area contributed by atoms with Crippen molar-refractivity contribution in [3.8, 4) is 44.5 Å². The van der Waals surface area contributed by atoms with Gasteiger partial charge in [0.1, 0.15) is 0 Å². The highest BCUT2D eigenvalue weighted by atomic mass is 15.1. The maximum Gasteiger partial charge on any atom is 0.0645 e. The van der Waals surface area contributed by atoms with E-state index in [0.717, 1.165) is 23.1 Å². The number of hydrogen-bond acceptors (Lipinski definition) is 1. The zero-order valence-corrected chi connectivity index (χ0v) is 26.3. The van der Waals surface area contributed by atoms with Gasteiger partial charge in [0.25, 0.3) is 0 Å². The summed E-state index contributed by atoms with van der Waals surface area (Å²) >= 11 is 0. The predicted octanol–water partition coefficient (Wildman–Crippen LogP) is 13.6. The standard InChI is InChI=1S/C49H37N/c1-49(2)45-20-12-17-38-25-31-43(48(47(38)45)44-32-26-39(33-46(44)49)35-15-8-4-9-16-35)37-23-29-42(30-24-37)50(40-18-10-5-11-19-40)41-27-21-36(22-28-41)34-13-6-3-7-14-34/h3-33H,1-2H3/i3D,4D,5D,6D,7D,8D,9D,10D,11D,12D,13D,14D,15D,16D,17D,18D,20D,21D,22D,23D,24D,25D,26D,27D,28D,33D. The third-order valence-electron chi connectivity index (χ3n) is 8.52. The molecule has 1 nitrogen and oxygen atoms in total. The Bertz CT molecular complexity index is 3890. The number of anilines is 3. The molecule has 0 aliphatic heterocycles. The summed E-state index contributed by atoms with van der Waals surface area (Å²) in [4.78, 5) is 0.855. The van der Waals surface area contributed by atoms with Gasteiger partial charge in [0.2, 0.25) is 0 Å². The molecule has 0 saturated heterocycles. The highest BCUT2D eigenvalue weighted by molar-refractivity contribution is 6.09. The van der Waals surface area contributed by atoms with Crippen molar-refractivity contribution in [2.75, 3.05) is 4.90 Å². The molecule has 8 aromatic rings. The van der Waals surface area contributed by atoms with Crippen LogP contribution in [0.1, 0.15) is 60.6 Å². The van der Waals surface area contributed by atoms with Crippen molar-refractivity contribution in [2.45, 2.75) is 19.3 Å². The molecule has 0 heterocycles. The van der Waals surface area contributed by atoms with E-state index in [-0.39, 0.29) is 55.4 Å². The Morgan fingerprint density at radius 2 is 1.04 bits per heavy atom. The van der Waals surface area contributed by atoms with Crippen LogP contribution in [0.3, 0.4) is 0 Å². The molecule has 238 valence electrons. The lowest BCUT2D eigenvalue weighted by molar-refractivity contribution is 0.645. The lowest BCUT2D eigenvalue weighted by Gasteiger charge is -2.36. The Labute approximate surface area is 331 Å². The fourth-order valence-corrected chi connectivity index (χ4v) is 6.19. The van der Waals surface area contributed by atoms with Crippen LogP contribution in [0.4, 0.5) is 17.1 Å². The van der Waals surface area contributed by atoms with E-state index in [9.17, 15) is 11.0 Å². The molecule has 0 atom stereocenters. The molecule has 0 fully saturated rings. The van der Waals surface area contributed by atoms with Gasteiger partial charge in [0.05, 0.1) is 35.6 Å². The van der Waals surface area contributed by atoms with Crippen LogP contribution in [0, 0.1) is 0 Å². The van der Waals surface area contributed by atoms with Crippen LogP contribution in [0.15, 0.2) is 187 Å². The van der Waals surface area contributed by atoms with Crippen LogP contribution < -0.4 is 4.90 Å². The lowest BCUT2D eigenvalue weighted by atomic mass is 9.67. The fourth-order valence-electron chi connectivity index (χ4n) is 6.19.